The molecular weight excluding hydrogens is 184 g/mol. The van der Waals surface area contributed by atoms with Gasteiger partial charge in [-0.15, -0.1) is 0 Å². The van der Waals surface area contributed by atoms with Crippen LogP contribution in [0.2, 0.25) is 0 Å². The molecule has 0 amide bonds. The molecule has 4 N–H and O–H groups in total. The Morgan fingerprint density at radius 2 is 1.64 bits per heavy atom. The SMILES string of the molecule is CCC(O)C(O)(CO)C(O)CC(C)C. The first-order valence-electron chi connectivity index (χ1n) is 5.07. The minimum atomic E-state index is -1.79. The van der Waals surface area contributed by atoms with Gasteiger partial charge in [0.05, 0.1) is 18.8 Å². The highest BCUT2D eigenvalue weighted by molar-refractivity contribution is 4.92. The lowest BCUT2D eigenvalue weighted by Crippen LogP contribution is -2.55. The first-order valence-corrected chi connectivity index (χ1v) is 5.07. The van der Waals surface area contributed by atoms with Crippen LogP contribution in [-0.4, -0.2) is 44.8 Å². The quantitative estimate of drug-likeness (QED) is 0.489. The molecule has 0 heterocycles. The molecule has 0 spiro atoms. The van der Waals surface area contributed by atoms with Gasteiger partial charge in [-0.1, -0.05) is 20.8 Å². The molecule has 0 aromatic rings. The van der Waals surface area contributed by atoms with Crippen molar-refractivity contribution in [2.75, 3.05) is 6.61 Å². The lowest BCUT2D eigenvalue weighted by Gasteiger charge is -2.35. The smallest absolute Gasteiger partial charge is 0.139 e. The van der Waals surface area contributed by atoms with Crippen LogP contribution in [0.5, 0.6) is 0 Å². The highest BCUT2D eigenvalue weighted by atomic mass is 16.4. The lowest BCUT2D eigenvalue weighted by atomic mass is 9.85. The first-order chi connectivity index (χ1) is 6.38. The molecule has 4 nitrogen and oxygen atoms in total. The molecule has 0 saturated heterocycles. The second-order valence-electron chi connectivity index (χ2n) is 4.22. The molecule has 0 saturated carbocycles. The van der Waals surface area contributed by atoms with E-state index in [9.17, 15) is 15.3 Å². The molecule has 0 aliphatic carbocycles. The van der Waals surface area contributed by atoms with E-state index in [0.717, 1.165) is 0 Å². The third kappa shape index (κ3) is 3.20. The summed E-state index contributed by atoms with van der Waals surface area (Å²) in [5, 5.41) is 38.0. The average Bonchev–Trinajstić information content (AvgIpc) is 2.14. The maximum atomic E-state index is 9.86. The summed E-state index contributed by atoms with van der Waals surface area (Å²) in [6.07, 6.45) is -1.54. The van der Waals surface area contributed by atoms with E-state index >= 15 is 0 Å². The Hall–Kier alpha value is -0.160. The minimum absolute atomic E-state index is 0.201. The van der Waals surface area contributed by atoms with Crippen LogP contribution in [0.3, 0.4) is 0 Å². The standard InChI is InChI=1S/C10H22O4/c1-4-8(12)10(14,6-11)9(13)5-7(2)3/h7-9,11-14H,4-6H2,1-3H3. The molecule has 4 heteroatoms. The molecule has 0 aromatic heterocycles. The molecular formula is C10H22O4. The minimum Gasteiger partial charge on any atom is -0.393 e. The van der Waals surface area contributed by atoms with Crippen molar-refractivity contribution in [3.63, 3.8) is 0 Å². The number of rotatable bonds is 6. The van der Waals surface area contributed by atoms with Gasteiger partial charge < -0.3 is 20.4 Å². The van der Waals surface area contributed by atoms with E-state index < -0.39 is 24.4 Å². The number of aliphatic hydroxyl groups is 4. The van der Waals surface area contributed by atoms with E-state index in [1.54, 1.807) is 6.92 Å². The summed E-state index contributed by atoms with van der Waals surface area (Å²) >= 11 is 0. The zero-order chi connectivity index (χ0) is 11.4. The fourth-order valence-corrected chi connectivity index (χ4v) is 1.44. The second-order valence-corrected chi connectivity index (χ2v) is 4.22. The average molecular weight is 206 g/mol. The highest BCUT2D eigenvalue weighted by Gasteiger charge is 2.41. The maximum Gasteiger partial charge on any atom is 0.139 e. The van der Waals surface area contributed by atoms with E-state index in [0.29, 0.717) is 12.8 Å². The third-order valence-corrected chi connectivity index (χ3v) is 2.49. The van der Waals surface area contributed by atoms with Crippen LogP contribution in [-0.2, 0) is 0 Å². The molecule has 14 heavy (non-hydrogen) atoms. The summed E-state index contributed by atoms with van der Waals surface area (Å²) in [4.78, 5) is 0. The summed E-state index contributed by atoms with van der Waals surface area (Å²) < 4.78 is 0. The van der Waals surface area contributed by atoms with Crippen molar-refractivity contribution < 1.29 is 20.4 Å². The van der Waals surface area contributed by atoms with Gasteiger partial charge in [-0.2, -0.15) is 0 Å². The van der Waals surface area contributed by atoms with Crippen LogP contribution in [0.4, 0.5) is 0 Å². The molecule has 3 unspecified atom stereocenters. The topological polar surface area (TPSA) is 80.9 Å². The van der Waals surface area contributed by atoms with Crippen LogP contribution >= 0.6 is 0 Å². The molecule has 0 bridgehead atoms. The normalized spacial score (nSPS) is 20.6. The highest BCUT2D eigenvalue weighted by Crippen LogP contribution is 2.22. The molecule has 0 aliphatic heterocycles. The van der Waals surface area contributed by atoms with Gasteiger partial charge >= 0.3 is 0 Å². The molecule has 0 rings (SSSR count). The lowest BCUT2D eigenvalue weighted by molar-refractivity contribution is -0.172. The van der Waals surface area contributed by atoms with Crippen LogP contribution in [0.1, 0.15) is 33.6 Å². The van der Waals surface area contributed by atoms with Gasteiger partial charge in [-0.05, 0) is 18.8 Å². The van der Waals surface area contributed by atoms with Gasteiger partial charge in [0.2, 0.25) is 0 Å². The van der Waals surface area contributed by atoms with Gasteiger partial charge in [0.1, 0.15) is 5.60 Å². The number of hydrogen-bond acceptors (Lipinski definition) is 4. The maximum absolute atomic E-state index is 9.86. The van der Waals surface area contributed by atoms with Crippen LogP contribution in [0.25, 0.3) is 0 Å². The van der Waals surface area contributed by atoms with Gasteiger partial charge in [0, 0.05) is 0 Å². The molecule has 0 aliphatic rings. The molecule has 3 atom stereocenters. The van der Waals surface area contributed by atoms with Crippen molar-refractivity contribution in [1.29, 1.82) is 0 Å². The summed E-state index contributed by atoms with van der Waals surface area (Å²) in [7, 11) is 0. The van der Waals surface area contributed by atoms with Crippen molar-refractivity contribution in [2.45, 2.75) is 51.4 Å². The van der Waals surface area contributed by atoms with E-state index in [1.165, 1.54) is 0 Å². The van der Waals surface area contributed by atoms with Gasteiger partial charge in [0.25, 0.3) is 0 Å². The van der Waals surface area contributed by atoms with Crippen molar-refractivity contribution in [1.82, 2.24) is 0 Å². The molecule has 0 fully saturated rings. The van der Waals surface area contributed by atoms with E-state index in [-0.39, 0.29) is 5.92 Å². The number of hydrogen-bond donors (Lipinski definition) is 4. The Kier molecular flexibility index (Phi) is 5.59. The van der Waals surface area contributed by atoms with Gasteiger partial charge in [-0.3, -0.25) is 0 Å². The number of aliphatic hydroxyl groups excluding tert-OH is 3. The fraction of sp³-hybridized carbons (Fsp3) is 1.00. The van der Waals surface area contributed by atoms with Gasteiger partial charge in [0.15, 0.2) is 0 Å². The Labute approximate surface area is 85.2 Å². The Balaban J connectivity index is 4.49. The molecule has 86 valence electrons. The zero-order valence-corrected chi connectivity index (χ0v) is 9.14. The molecule has 0 aromatic carbocycles. The Bertz CT molecular complexity index is 160. The van der Waals surface area contributed by atoms with Crippen LogP contribution in [0.15, 0.2) is 0 Å². The van der Waals surface area contributed by atoms with Crippen molar-refractivity contribution in [3.05, 3.63) is 0 Å². The predicted molar refractivity (Wildman–Crippen MR) is 53.8 cm³/mol. The monoisotopic (exact) mass is 206 g/mol. The van der Waals surface area contributed by atoms with Crippen LogP contribution in [0, 0.1) is 5.92 Å². The zero-order valence-electron chi connectivity index (χ0n) is 9.14. The summed E-state index contributed by atoms with van der Waals surface area (Å²) in [6.45, 7) is 4.86. The Morgan fingerprint density at radius 1 is 1.14 bits per heavy atom. The first kappa shape index (κ1) is 13.8. The predicted octanol–water partition coefficient (Wildman–Crippen LogP) is -0.112. The van der Waals surface area contributed by atoms with Crippen LogP contribution < -0.4 is 0 Å². The van der Waals surface area contributed by atoms with Crippen molar-refractivity contribution in [3.8, 4) is 0 Å². The van der Waals surface area contributed by atoms with E-state index in [1.807, 2.05) is 13.8 Å². The van der Waals surface area contributed by atoms with Gasteiger partial charge in [-0.25, -0.2) is 0 Å². The van der Waals surface area contributed by atoms with E-state index in [4.69, 9.17) is 5.11 Å². The van der Waals surface area contributed by atoms with Crippen molar-refractivity contribution in [2.24, 2.45) is 5.92 Å². The van der Waals surface area contributed by atoms with E-state index in [2.05, 4.69) is 0 Å². The second kappa shape index (κ2) is 5.66. The molecule has 0 radical (unpaired) electrons. The fourth-order valence-electron chi connectivity index (χ4n) is 1.44. The largest absolute Gasteiger partial charge is 0.393 e. The summed E-state index contributed by atoms with van der Waals surface area (Å²) in [6, 6.07) is 0. The van der Waals surface area contributed by atoms with Crippen molar-refractivity contribution >= 4 is 0 Å². The summed E-state index contributed by atoms with van der Waals surface area (Å²) in [5.41, 5.74) is -1.79. The summed E-state index contributed by atoms with van der Waals surface area (Å²) in [5.74, 6) is 0.201. The Morgan fingerprint density at radius 3 is 1.93 bits per heavy atom. The third-order valence-electron chi connectivity index (χ3n) is 2.49.